The summed E-state index contributed by atoms with van der Waals surface area (Å²) in [7, 11) is -1.10. The summed E-state index contributed by atoms with van der Waals surface area (Å²) in [5.41, 5.74) is 0.447. The average Bonchev–Trinajstić information content (AvgIpc) is 3.74. The number of methoxy groups -OCH3 is 2. The maximum absolute atomic E-state index is 13.2. The van der Waals surface area contributed by atoms with E-state index in [9.17, 15) is 23.1 Å². The van der Waals surface area contributed by atoms with Crippen LogP contribution in [0.3, 0.4) is 0 Å². The molecule has 0 radical (unpaired) electrons. The predicted octanol–water partition coefficient (Wildman–Crippen LogP) is 5.00. The molecule has 1 aromatic heterocycles. The average molecular weight is 554 g/mol. The zero-order valence-electron chi connectivity index (χ0n) is 21.9. The number of ketones is 1. The summed E-state index contributed by atoms with van der Waals surface area (Å²) in [6.45, 7) is 0. The fourth-order valence-electron chi connectivity index (χ4n) is 5.29. The molecule has 0 aliphatic heterocycles. The fraction of sp³-hybridized carbons (Fsp3) is 0.379. The highest BCUT2D eigenvalue weighted by Gasteiger charge is 2.39. The Labute approximate surface area is 226 Å². The second-order valence-electron chi connectivity index (χ2n) is 10.00. The Hall–Kier alpha value is -3.79. The van der Waals surface area contributed by atoms with E-state index >= 15 is 0 Å². The molecule has 1 fully saturated rings. The number of sulfonamides is 1. The number of hydrogen-bond acceptors (Lipinski definition) is 8. The van der Waals surface area contributed by atoms with Crippen LogP contribution in [0.25, 0.3) is 0 Å². The molecule has 2 N–H and O–H groups in total. The van der Waals surface area contributed by atoms with Crippen LogP contribution < -0.4 is 19.8 Å². The van der Waals surface area contributed by atoms with Gasteiger partial charge in [0.25, 0.3) is 10.0 Å². The third-order valence-electron chi connectivity index (χ3n) is 7.36. The van der Waals surface area contributed by atoms with E-state index in [0.717, 1.165) is 32.1 Å². The first-order chi connectivity index (χ1) is 18.7. The van der Waals surface area contributed by atoms with Crippen molar-refractivity contribution >= 4 is 21.5 Å². The van der Waals surface area contributed by atoms with Gasteiger partial charge in [-0.1, -0.05) is 18.6 Å². The number of aryl methyl sites for hydroxylation is 1. The number of ether oxygens (including phenoxy) is 2. The van der Waals surface area contributed by atoms with Crippen molar-refractivity contribution in [2.45, 2.75) is 55.8 Å². The van der Waals surface area contributed by atoms with Crippen molar-refractivity contribution in [2.24, 2.45) is 5.92 Å². The van der Waals surface area contributed by atoms with Crippen molar-refractivity contribution in [1.29, 1.82) is 0 Å². The van der Waals surface area contributed by atoms with Crippen LogP contribution in [-0.2, 0) is 16.4 Å². The van der Waals surface area contributed by atoms with E-state index in [4.69, 9.17) is 13.9 Å². The zero-order chi connectivity index (χ0) is 27.7. The van der Waals surface area contributed by atoms with Crippen molar-refractivity contribution in [3.8, 4) is 17.2 Å². The minimum absolute atomic E-state index is 0.0113. The van der Waals surface area contributed by atoms with Gasteiger partial charge < -0.3 is 19.0 Å². The molecule has 2 aromatic carbocycles. The summed E-state index contributed by atoms with van der Waals surface area (Å²) in [6.07, 6.45) is 4.72. The third-order valence-corrected chi connectivity index (χ3v) is 8.74. The Morgan fingerprint density at radius 3 is 2.44 bits per heavy atom. The van der Waals surface area contributed by atoms with Gasteiger partial charge in [0, 0.05) is 30.5 Å². The molecule has 206 valence electrons. The molecule has 0 amide bonds. The highest BCUT2D eigenvalue weighted by molar-refractivity contribution is 7.92. The van der Waals surface area contributed by atoms with Gasteiger partial charge in [-0.3, -0.25) is 9.52 Å². The minimum Gasteiger partial charge on any atom is -0.506 e. The predicted molar refractivity (Wildman–Crippen MR) is 145 cm³/mol. The van der Waals surface area contributed by atoms with Gasteiger partial charge in [0.05, 0.1) is 30.2 Å². The second-order valence-corrected chi connectivity index (χ2v) is 11.7. The monoisotopic (exact) mass is 553 g/mol. The summed E-state index contributed by atoms with van der Waals surface area (Å²) in [5.74, 6) is -0.0946. The number of rotatable bonds is 8. The second kappa shape index (κ2) is 10.8. The lowest BCUT2D eigenvalue weighted by Crippen LogP contribution is -2.21. The van der Waals surface area contributed by atoms with Gasteiger partial charge in [0.1, 0.15) is 11.5 Å². The van der Waals surface area contributed by atoms with Gasteiger partial charge in [-0.2, -0.15) is 0 Å². The molecule has 39 heavy (non-hydrogen) atoms. The van der Waals surface area contributed by atoms with Crippen LogP contribution >= 0.6 is 0 Å². The van der Waals surface area contributed by atoms with Crippen LogP contribution in [0.1, 0.15) is 71.7 Å². The largest absolute Gasteiger partial charge is 0.506 e. The van der Waals surface area contributed by atoms with E-state index in [2.05, 4.69) is 4.72 Å². The van der Waals surface area contributed by atoms with E-state index in [1.54, 1.807) is 24.3 Å². The van der Waals surface area contributed by atoms with Gasteiger partial charge in [-0.25, -0.2) is 13.2 Å². The Bertz CT molecular complexity index is 1570. The van der Waals surface area contributed by atoms with Gasteiger partial charge in [-0.15, -0.1) is 0 Å². The molecular formula is C29H31NO8S. The van der Waals surface area contributed by atoms with E-state index in [-0.39, 0.29) is 51.4 Å². The van der Waals surface area contributed by atoms with Gasteiger partial charge >= 0.3 is 5.63 Å². The molecule has 0 bridgehead atoms. The number of aromatic hydroxyl groups is 1. The summed E-state index contributed by atoms with van der Waals surface area (Å²) < 4.78 is 45.0. The van der Waals surface area contributed by atoms with Crippen LogP contribution in [0.5, 0.6) is 17.2 Å². The molecule has 9 nitrogen and oxygen atoms in total. The van der Waals surface area contributed by atoms with Crippen LogP contribution in [0, 0.1) is 5.92 Å². The molecule has 10 heteroatoms. The van der Waals surface area contributed by atoms with Gasteiger partial charge in [0.15, 0.2) is 17.3 Å². The standard InChI is InChI=1S/C29H31NO8S/c1-36-22-14-13-20(16-24(22)37-2)39(34,35)30-19-8-6-7-18(15-19)25(17-11-12-17)27-28(32)26-21(31)9-4-3-5-10-23(26)38-29(27)33/h6-8,13-17,25,30,32H,3-5,9-12H2,1-2H3. The van der Waals surface area contributed by atoms with Gasteiger partial charge in [0.2, 0.25) is 0 Å². The number of anilines is 1. The smallest absolute Gasteiger partial charge is 0.343 e. The SMILES string of the molecule is COc1ccc(S(=O)(=O)Nc2cccc(C(c3c(O)c4c(oc3=O)CCCCCC4=O)C3CC3)c2)cc1OC. The number of hydrogen-bond donors (Lipinski definition) is 2. The highest BCUT2D eigenvalue weighted by Crippen LogP contribution is 2.49. The zero-order valence-corrected chi connectivity index (χ0v) is 22.7. The first-order valence-corrected chi connectivity index (χ1v) is 14.5. The molecule has 1 saturated carbocycles. The minimum atomic E-state index is -3.99. The molecule has 1 atom stereocenters. The molecule has 1 unspecified atom stereocenters. The normalized spacial score (nSPS) is 16.5. The molecule has 2 aliphatic carbocycles. The van der Waals surface area contributed by atoms with E-state index in [1.165, 1.54) is 32.4 Å². The third kappa shape index (κ3) is 5.38. The molecular weight excluding hydrogens is 522 g/mol. The summed E-state index contributed by atoms with van der Waals surface area (Å²) in [4.78, 5) is 26.1. The van der Waals surface area contributed by atoms with E-state index in [1.807, 2.05) is 0 Å². The van der Waals surface area contributed by atoms with Crippen molar-refractivity contribution in [3.05, 3.63) is 75.3 Å². The molecule has 2 aliphatic rings. The Kier molecular flexibility index (Phi) is 7.40. The summed E-state index contributed by atoms with van der Waals surface area (Å²) in [5, 5.41) is 11.3. The Balaban J connectivity index is 1.52. The van der Waals surface area contributed by atoms with E-state index in [0.29, 0.717) is 23.4 Å². The molecule has 0 spiro atoms. The van der Waals surface area contributed by atoms with Crippen molar-refractivity contribution in [1.82, 2.24) is 0 Å². The number of nitrogens with one attached hydrogen (secondary N) is 1. The first kappa shape index (κ1) is 26.8. The fourth-order valence-corrected chi connectivity index (χ4v) is 6.35. The van der Waals surface area contributed by atoms with E-state index < -0.39 is 21.6 Å². The lowest BCUT2D eigenvalue weighted by molar-refractivity contribution is 0.0968. The number of carbonyl (C=O) groups is 1. The Morgan fingerprint density at radius 1 is 0.974 bits per heavy atom. The first-order valence-electron chi connectivity index (χ1n) is 13.0. The summed E-state index contributed by atoms with van der Waals surface area (Å²) in [6, 6.07) is 11.0. The van der Waals surface area contributed by atoms with Gasteiger partial charge in [-0.05, 0) is 61.4 Å². The van der Waals surface area contributed by atoms with Crippen LogP contribution in [-0.4, -0.2) is 33.5 Å². The molecule has 1 heterocycles. The lowest BCUT2D eigenvalue weighted by Gasteiger charge is -2.21. The molecule has 3 aromatic rings. The van der Waals surface area contributed by atoms with Crippen molar-refractivity contribution in [3.63, 3.8) is 0 Å². The van der Waals surface area contributed by atoms with Crippen LogP contribution in [0.2, 0.25) is 0 Å². The highest BCUT2D eigenvalue weighted by atomic mass is 32.2. The Morgan fingerprint density at radius 2 is 1.72 bits per heavy atom. The lowest BCUT2D eigenvalue weighted by atomic mass is 9.85. The quantitative estimate of drug-likeness (QED) is 0.398. The number of carbonyl (C=O) groups excluding carboxylic acids is 1. The molecule has 5 rings (SSSR count). The van der Waals surface area contributed by atoms with Crippen LogP contribution in [0.4, 0.5) is 5.69 Å². The number of fused-ring (bicyclic) bond motifs is 1. The van der Waals surface area contributed by atoms with Crippen LogP contribution in [0.15, 0.2) is 56.6 Å². The van der Waals surface area contributed by atoms with Crippen molar-refractivity contribution in [2.75, 3.05) is 18.9 Å². The number of Topliss-reactive ketones (excluding diaryl/α,β-unsaturated/α-hetero) is 1. The van der Waals surface area contributed by atoms with Crippen molar-refractivity contribution < 1.29 is 32.2 Å². The molecule has 0 saturated heterocycles. The maximum Gasteiger partial charge on any atom is 0.343 e. The number of benzene rings is 2. The maximum atomic E-state index is 13.2. The topological polar surface area (TPSA) is 132 Å². The summed E-state index contributed by atoms with van der Waals surface area (Å²) >= 11 is 0.